The molecule has 3 aromatic rings. The number of amides is 1. The summed E-state index contributed by atoms with van der Waals surface area (Å²) in [6.45, 7) is 4.22. The van der Waals surface area contributed by atoms with E-state index in [1.54, 1.807) is 36.6 Å². The molecule has 1 N–H and O–H groups in total. The molecule has 7 heteroatoms. The molecule has 27 heavy (non-hydrogen) atoms. The topological polar surface area (TPSA) is 77.1 Å². The zero-order valence-electron chi connectivity index (χ0n) is 15.1. The largest absolute Gasteiger partial charge is 0.463 e. The van der Waals surface area contributed by atoms with Crippen molar-refractivity contribution in [2.45, 2.75) is 25.8 Å². The third-order valence-corrected chi connectivity index (χ3v) is 4.63. The van der Waals surface area contributed by atoms with Gasteiger partial charge in [-0.2, -0.15) is 5.10 Å². The first-order valence-corrected chi connectivity index (χ1v) is 8.92. The van der Waals surface area contributed by atoms with Gasteiger partial charge in [0.05, 0.1) is 18.2 Å². The molecule has 6 nitrogen and oxygen atoms in total. The number of aromatic nitrogens is 2. The summed E-state index contributed by atoms with van der Waals surface area (Å²) < 4.78 is 6.62. The highest BCUT2D eigenvalue weighted by Crippen LogP contribution is 2.24. The number of halogens is 1. The van der Waals surface area contributed by atoms with Gasteiger partial charge in [-0.3, -0.25) is 9.59 Å². The summed E-state index contributed by atoms with van der Waals surface area (Å²) in [7, 11) is 0. The van der Waals surface area contributed by atoms with Gasteiger partial charge in [-0.1, -0.05) is 23.7 Å². The SMILES string of the molecule is CC(C)(C(=O)NCCn1nc(-c2ccco2)ccc1=O)c1ccc(Cl)cc1. The van der Waals surface area contributed by atoms with Gasteiger partial charge in [-0.15, -0.1) is 0 Å². The molecule has 0 aliphatic rings. The maximum absolute atomic E-state index is 12.6. The van der Waals surface area contributed by atoms with Crippen LogP contribution >= 0.6 is 11.6 Å². The zero-order valence-corrected chi connectivity index (χ0v) is 15.9. The molecule has 0 aliphatic carbocycles. The van der Waals surface area contributed by atoms with Crippen LogP contribution in [-0.4, -0.2) is 22.2 Å². The molecule has 0 saturated heterocycles. The van der Waals surface area contributed by atoms with E-state index in [4.69, 9.17) is 16.0 Å². The first-order chi connectivity index (χ1) is 12.9. The van der Waals surface area contributed by atoms with Gasteiger partial charge < -0.3 is 9.73 Å². The molecule has 1 amide bonds. The molecule has 0 radical (unpaired) electrons. The highest BCUT2D eigenvalue weighted by atomic mass is 35.5. The van der Waals surface area contributed by atoms with Crippen LogP contribution in [0.5, 0.6) is 0 Å². The lowest BCUT2D eigenvalue weighted by molar-refractivity contribution is -0.125. The summed E-state index contributed by atoms with van der Waals surface area (Å²) in [4.78, 5) is 24.6. The fraction of sp³-hybridized carbons (Fsp3) is 0.250. The molecule has 0 aliphatic heterocycles. The molecular formula is C20H20ClN3O3. The van der Waals surface area contributed by atoms with E-state index in [9.17, 15) is 9.59 Å². The van der Waals surface area contributed by atoms with Crippen molar-refractivity contribution in [2.75, 3.05) is 6.54 Å². The van der Waals surface area contributed by atoms with Gasteiger partial charge in [0, 0.05) is 17.6 Å². The lowest BCUT2D eigenvalue weighted by Crippen LogP contribution is -2.42. The summed E-state index contributed by atoms with van der Waals surface area (Å²) in [5.74, 6) is 0.441. The van der Waals surface area contributed by atoms with Crippen molar-refractivity contribution in [3.05, 3.63) is 75.7 Å². The monoisotopic (exact) mass is 385 g/mol. The number of furan rings is 1. The fourth-order valence-electron chi connectivity index (χ4n) is 2.66. The van der Waals surface area contributed by atoms with E-state index in [2.05, 4.69) is 10.4 Å². The Hall–Kier alpha value is -2.86. The van der Waals surface area contributed by atoms with E-state index in [1.807, 2.05) is 26.0 Å². The number of carbonyl (C=O) groups is 1. The van der Waals surface area contributed by atoms with Gasteiger partial charge in [0.1, 0.15) is 5.69 Å². The molecule has 0 atom stereocenters. The van der Waals surface area contributed by atoms with Crippen molar-refractivity contribution in [2.24, 2.45) is 0 Å². The molecule has 3 rings (SSSR count). The number of hydrogen-bond donors (Lipinski definition) is 1. The second kappa shape index (κ2) is 7.80. The van der Waals surface area contributed by atoms with Gasteiger partial charge in [0.15, 0.2) is 5.76 Å². The van der Waals surface area contributed by atoms with Gasteiger partial charge in [0.2, 0.25) is 5.91 Å². The van der Waals surface area contributed by atoms with Crippen molar-refractivity contribution in [3.8, 4) is 11.5 Å². The average Bonchev–Trinajstić information content (AvgIpc) is 3.18. The third kappa shape index (κ3) is 4.28. The number of rotatable bonds is 6. The number of nitrogens with zero attached hydrogens (tertiary/aromatic N) is 2. The maximum Gasteiger partial charge on any atom is 0.266 e. The van der Waals surface area contributed by atoms with Gasteiger partial charge in [0.25, 0.3) is 5.56 Å². The number of nitrogens with one attached hydrogen (secondary N) is 1. The van der Waals surface area contributed by atoms with Crippen LogP contribution in [0.15, 0.2) is 64.0 Å². The first kappa shape index (κ1) is 18.9. The minimum atomic E-state index is -0.723. The normalized spacial score (nSPS) is 11.4. The summed E-state index contributed by atoms with van der Waals surface area (Å²) in [5.41, 5.74) is 0.461. The molecule has 2 heterocycles. The predicted octanol–water partition coefficient (Wildman–Crippen LogP) is 3.25. The minimum Gasteiger partial charge on any atom is -0.463 e. The van der Waals surface area contributed by atoms with E-state index < -0.39 is 5.41 Å². The van der Waals surface area contributed by atoms with Crippen molar-refractivity contribution in [1.29, 1.82) is 0 Å². The van der Waals surface area contributed by atoms with Gasteiger partial charge in [-0.05, 0) is 49.7 Å². The van der Waals surface area contributed by atoms with Crippen LogP contribution in [0, 0.1) is 0 Å². The van der Waals surface area contributed by atoms with Crippen LogP contribution in [0.25, 0.3) is 11.5 Å². The van der Waals surface area contributed by atoms with Crippen molar-refractivity contribution in [1.82, 2.24) is 15.1 Å². The quantitative estimate of drug-likeness (QED) is 0.706. The maximum atomic E-state index is 12.6. The second-order valence-corrected chi connectivity index (χ2v) is 7.08. The van der Waals surface area contributed by atoms with E-state index in [0.717, 1.165) is 5.56 Å². The Kier molecular flexibility index (Phi) is 5.46. The van der Waals surface area contributed by atoms with Crippen molar-refractivity contribution >= 4 is 17.5 Å². The Morgan fingerprint density at radius 1 is 1.19 bits per heavy atom. The second-order valence-electron chi connectivity index (χ2n) is 6.65. The third-order valence-electron chi connectivity index (χ3n) is 4.38. The Bertz CT molecular complexity index is 976. The minimum absolute atomic E-state index is 0.139. The Morgan fingerprint density at radius 3 is 2.59 bits per heavy atom. The average molecular weight is 386 g/mol. The van der Waals surface area contributed by atoms with E-state index in [-0.39, 0.29) is 24.6 Å². The number of hydrogen-bond acceptors (Lipinski definition) is 4. The molecule has 0 fully saturated rings. The Balaban J connectivity index is 1.65. The molecule has 140 valence electrons. The van der Waals surface area contributed by atoms with Crippen LogP contribution in [0.1, 0.15) is 19.4 Å². The molecule has 1 aromatic carbocycles. The molecule has 0 unspecified atom stereocenters. The highest BCUT2D eigenvalue weighted by molar-refractivity contribution is 6.30. The van der Waals surface area contributed by atoms with E-state index in [0.29, 0.717) is 16.5 Å². The standard InChI is InChI=1S/C20H20ClN3O3/c1-20(2,14-5-7-15(21)8-6-14)19(26)22-11-12-24-18(25)10-9-16(23-24)17-4-3-13-27-17/h3-10,13H,11-12H2,1-2H3,(H,22,26). The van der Waals surface area contributed by atoms with Crippen LogP contribution in [-0.2, 0) is 16.8 Å². The van der Waals surface area contributed by atoms with Gasteiger partial charge in [-0.25, -0.2) is 4.68 Å². The predicted molar refractivity (Wildman–Crippen MR) is 104 cm³/mol. The zero-order chi connectivity index (χ0) is 19.4. The summed E-state index contributed by atoms with van der Waals surface area (Å²) in [5, 5.41) is 7.78. The van der Waals surface area contributed by atoms with Crippen molar-refractivity contribution in [3.63, 3.8) is 0 Å². The van der Waals surface area contributed by atoms with Crippen molar-refractivity contribution < 1.29 is 9.21 Å². The fourth-order valence-corrected chi connectivity index (χ4v) is 2.78. The van der Waals surface area contributed by atoms with E-state index in [1.165, 1.54) is 10.7 Å². The summed E-state index contributed by atoms with van der Waals surface area (Å²) in [6, 6.07) is 13.8. The molecule has 2 aromatic heterocycles. The number of benzene rings is 1. The lowest BCUT2D eigenvalue weighted by Gasteiger charge is -2.24. The first-order valence-electron chi connectivity index (χ1n) is 8.54. The molecular weight excluding hydrogens is 366 g/mol. The lowest BCUT2D eigenvalue weighted by atomic mass is 9.84. The number of carbonyl (C=O) groups excluding carboxylic acids is 1. The Morgan fingerprint density at radius 2 is 1.93 bits per heavy atom. The summed E-state index contributed by atoms with van der Waals surface area (Å²) >= 11 is 5.91. The smallest absolute Gasteiger partial charge is 0.266 e. The molecule has 0 saturated carbocycles. The van der Waals surface area contributed by atoms with Gasteiger partial charge >= 0.3 is 0 Å². The van der Waals surface area contributed by atoms with E-state index >= 15 is 0 Å². The van der Waals surface area contributed by atoms with Crippen LogP contribution in [0.3, 0.4) is 0 Å². The molecule has 0 bridgehead atoms. The van der Waals surface area contributed by atoms with Crippen LogP contribution < -0.4 is 10.9 Å². The molecule has 0 spiro atoms. The highest BCUT2D eigenvalue weighted by Gasteiger charge is 2.29. The summed E-state index contributed by atoms with van der Waals surface area (Å²) in [6.07, 6.45) is 1.55. The Labute approximate surface area is 161 Å². The van der Waals surface area contributed by atoms with Crippen LogP contribution in [0.2, 0.25) is 5.02 Å². The van der Waals surface area contributed by atoms with Crippen LogP contribution in [0.4, 0.5) is 0 Å².